The van der Waals surface area contributed by atoms with Crippen molar-refractivity contribution >= 4 is 45.1 Å². The summed E-state index contributed by atoms with van der Waals surface area (Å²) in [6.45, 7) is 0. The third kappa shape index (κ3) is 3.00. The van der Waals surface area contributed by atoms with Crippen molar-refractivity contribution in [1.29, 1.82) is 0 Å². The first-order chi connectivity index (χ1) is 10.6. The first-order valence-electron chi connectivity index (χ1n) is 6.41. The lowest BCUT2D eigenvalue weighted by atomic mass is 10.2. The van der Waals surface area contributed by atoms with Crippen LogP contribution in [0.1, 0.15) is 15.2 Å². The van der Waals surface area contributed by atoms with Crippen LogP contribution in [0, 0.1) is 5.82 Å². The number of amides is 1. The third-order valence-electron chi connectivity index (χ3n) is 2.97. The van der Waals surface area contributed by atoms with Gasteiger partial charge in [0.15, 0.2) is 0 Å². The highest BCUT2D eigenvalue weighted by Crippen LogP contribution is 2.34. The molecule has 6 heteroatoms. The van der Waals surface area contributed by atoms with Gasteiger partial charge in [-0.3, -0.25) is 4.79 Å². The van der Waals surface area contributed by atoms with E-state index in [4.69, 9.17) is 11.6 Å². The van der Waals surface area contributed by atoms with Gasteiger partial charge in [-0.2, -0.15) is 5.10 Å². The predicted molar refractivity (Wildman–Crippen MR) is 88.3 cm³/mol. The minimum atomic E-state index is -0.390. The van der Waals surface area contributed by atoms with E-state index in [1.807, 2.05) is 24.3 Å². The fourth-order valence-electron chi connectivity index (χ4n) is 1.96. The molecule has 0 aliphatic heterocycles. The summed E-state index contributed by atoms with van der Waals surface area (Å²) >= 11 is 7.52. The van der Waals surface area contributed by atoms with Crippen molar-refractivity contribution in [2.75, 3.05) is 0 Å². The summed E-state index contributed by atoms with van der Waals surface area (Å²) in [5.74, 6) is -0.748. The predicted octanol–water partition coefficient (Wildman–Crippen LogP) is 4.46. The van der Waals surface area contributed by atoms with Gasteiger partial charge in [-0.15, -0.1) is 11.3 Å². The number of hydrogen-bond acceptors (Lipinski definition) is 3. The summed E-state index contributed by atoms with van der Waals surface area (Å²) in [5.41, 5.74) is 2.96. The highest BCUT2D eigenvalue weighted by atomic mass is 35.5. The number of nitrogens with zero attached hydrogens (tertiary/aromatic N) is 1. The van der Waals surface area contributed by atoms with Crippen molar-refractivity contribution in [2.45, 2.75) is 0 Å². The van der Waals surface area contributed by atoms with Crippen molar-refractivity contribution in [3.63, 3.8) is 0 Å². The monoisotopic (exact) mass is 332 g/mol. The Bertz CT molecular complexity index is 875. The van der Waals surface area contributed by atoms with Gasteiger partial charge in [0.25, 0.3) is 5.91 Å². The van der Waals surface area contributed by atoms with Gasteiger partial charge in [0.1, 0.15) is 10.7 Å². The first-order valence-corrected chi connectivity index (χ1v) is 7.60. The summed E-state index contributed by atoms with van der Waals surface area (Å²) < 4.78 is 14.0. The number of rotatable bonds is 3. The Balaban J connectivity index is 1.77. The summed E-state index contributed by atoms with van der Waals surface area (Å²) in [5, 5.41) is 5.08. The zero-order chi connectivity index (χ0) is 15.5. The molecule has 22 heavy (non-hydrogen) atoms. The van der Waals surface area contributed by atoms with Crippen LogP contribution in [0.4, 0.5) is 4.39 Å². The fourth-order valence-corrected chi connectivity index (χ4v) is 3.37. The minimum absolute atomic E-state index is 0.358. The van der Waals surface area contributed by atoms with Gasteiger partial charge in [-0.1, -0.05) is 41.9 Å². The maximum atomic E-state index is 13.0. The van der Waals surface area contributed by atoms with Crippen LogP contribution in [-0.4, -0.2) is 12.1 Å². The van der Waals surface area contributed by atoms with Gasteiger partial charge >= 0.3 is 0 Å². The van der Waals surface area contributed by atoms with E-state index in [0.29, 0.717) is 15.5 Å². The number of carbonyl (C=O) groups excluding carboxylic acids is 1. The minimum Gasteiger partial charge on any atom is -0.266 e. The van der Waals surface area contributed by atoms with E-state index in [1.54, 1.807) is 12.1 Å². The fraction of sp³-hybridized carbons (Fsp3) is 0. The molecule has 0 radical (unpaired) electrons. The SMILES string of the molecule is O=C(NN=Cc1cccc(F)c1)c1sc2ccccc2c1Cl. The number of benzene rings is 2. The average molecular weight is 333 g/mol. The maximum Gasteiger partial charge on any atom is 0.283 e. The van der Waals surface area contributed by atoms with E-state index in [0.717, 1.165) is 10.1 Å². The Labute approximate surface area is 135 Å². The van der Waals surface area contributed by atoms with E-state index < -0.39 is 0 Å². The van der Waals surface area contributed by atoms with Crippen LogP contribution in [0.25, 0.3) is 10.1 Å². The van der Waals surface area contributed by atoms with Crippen LogP contribution in [0.15, 0.2) is 53.6 Å². The quantitative estimate of drug-likeness (QED) is 0.558. The zero-order valence-corrected chi connectivity index (χ0v) is 12.8. The molecule has 2 aromatic carbocycles. The Morgan fingerprint density at radius 2 is 2.05 bits per heavy atom. The van der Waals surface area contributed by atoms with Crippen molar-refractivity contribution in [1.82, 2.24) is 5.43 Å². The van der Waals surface area contributed by atoms with Gasteiger partial charge in [0.05, 0.1) is 11.2 Å². The maximum absolute atomic E-state index is 13.0. The topological polar surface area (TPSA) is 41.5 Å². The number of halogens is 2. The van der Waals surface area contributed by atoms with Crippen molar-refractivity contribution in [3.05, 3.63) is 69.8 Å². The van der Waals surface area contributed by atoms with Crippen LogP contribution in [0.5, 0.6) is 0 Å². The molecule has 3 aromatic rings. The smallest absolute Gasteiger partial charge is 0.266 e. The molecule has 3 rings (SSSR count). The summed E-state index contributed by atoms with van der Waals surface area (Å²) in [6, 6.07) is 13.4. The Hall–Kier alpha value is -2.24. The largest absolute Gasteiger partial charge is 0.283 e. The van der Waals surface area contributed by atoms with Crippen molar-refractivity contribution in [2.24, 2.45) is 5.10 Å². The molecule has 0 spiro atoms. The van der Waals surface area contributed by atoms with Gasteiger partial charge in [0.2, 0.25) is 0 Å². The molecule has 0 fully saturated rings. The molecule has 0 aliphatic carbocycles. The second-order valence-electron chi connectivity index (χ2n) is 4.50. The van der Waals surface area contributed by atoms with Gasteiger partial charge in [-0.05, 0) is 23.8 Å². The van der Waals surface area contributed by atoms with Crippen molar-refractivity contribution in [3.8, 4) is 0 Å². The number of carbonyl (C=O) groups is 1. The number of nitrogens with one attached hydrogen (secondary N) is 1. The van der Waals surface area contributed by atoms with Crippen LogP contribution in [-0.2, 0) is 0 Å². The Morgan fingerprint density at radius 3 is 2.82 bits per heavy atom. The molecule has 1 N–H and O–H groups in total. The number of hydrazone groups is 1. The lowest BCUT2D eigenvalue weighted by molar-refractivity contribution is 0.0959. The normalized spacial score (nSPS) is 11.2. The Morgan fingerprint density at radius 1 is 1.23 bits per heavy atom. The van der Waals surface area contributed by atoms with Crippen molar-refractivity contribution < 1.29 is 9.18 Å². The standard InChI is InChI=1S/C16H10ClFN2OS/c17-14-12-6-1-2-7-13(12)22-15(14)16(21)20-19-9-10-4-3-5-11(18)8-10/h1-9H,(H,20,21). The highest BCUT2D eigenvalue weighted by Gasteiger charge is 2.16. The highest BCUT2D eigenvalue weighted by molar-refractivity contribution is 7.21. The lowest BCUT2D eigenvalue weighted by Crippen LogP contribution is -2.16. The molecule has 0 saturated carbocycles. The summed E-state index contributed by atoms with van der Waals surface area (Å²) in [7, 11) is 0. The molecule has 1 aromatic heterocycles. The van der Waals surface area contributed by atoms with E-state index in [9.17, 15) is 9.18 Å². The molecule has 0 unspecified atom stereocenters. The molecule has 0 bridgehead atoms. The second-order valence-corrected chi connectivity index (χ2v) is 5.93. The molecule has 110 valence electrons. The summed E-state index contributed by atoms with van der Waals surface area (Å²) in [6.07, 6.45) is 1.38. The second kappa shape index (κ2) is 6.25. The summed E-state index contributed by atoms with van der Waals surface area (Å²) in [4.78, 5) is 12.5. The molecule has 0 aliphatic rings. The van der Waals surface area contributed by atoms with Crippen LogP contribution in [0.3, 0.4) is 0 Å². The molecule has 1 heterocycles. The Kier molecular flexibility index (Phi) is 4.18. The van der Waals surface area contributed by atoms with Crippen LogP contribution >= 0.6 is 22.9 Å². The van der Waals surface area contributed by atoms with Gasteiger partial charge in [-0.25, -0.2) is 9.82 Å². The number of thiophene rings is 1. The molecular formula is C16H10ClFN2OS. The van der Waals surface area contributed by atoms with Crippen LogP contribution < -0.4 is 5.43 Å². The lowest BCUT2D eigenvalue weighted by Gasteiger charge is -1.97. The van der Waals surface area contributed by atoms with Crippen LogP contribution in [0.2, 0.25) is 5.02 Å². The van der Waals surface area contributed by atoms with E-state index >= 15 is 0 Å². The first kappa shape index (κ1) is 14.7. The molecule has 1 amide bonds. The number of hydrogen-bond donors (Lipinski definition) is 1. The van der Waals surface area contributed by atoms with E-state index in [2.05, 4.69) is 10.5 Å². The molecular weight excluding hydrogens is 323 g/mol. The molecule has 3 nitrogen and oxygen atoms in total. The molecule has 0 atom stereocenters. The van der Waals surface area contributed by atoms with E-state index in [1.165, 1.54) is 29.7 Å². The van der Waals surface area contributed by atoms with Gasteiger partial charge < -0.3 is 0 Å². The third-order valence-corrected chi connectivity index (χ3v) is 4.64. The van der Waals surface area contributed by atoms with Gasteiger partial charge in [0, 0.05) is 10.1 Å². The van der Waals surface area contributed by atoms with E-state index in [-0.39, 0.29) is 11.7 Å². The average Bonchev–Trinajstić information content (AvgIpc) is 2.85. The zero-order valence-electron chi connectivity index (χ0n) is 11.2. The molecule has 0 saturated heterocycles. The number of fused-ring (bicyclic) bond motifs is 1.